The van der Waals surface area contributed by atoms with Crippen molar-refractivity contribution in [2.45, 2.75) is 32.3 Å². The number of hydrogen-bond donors (Lipinski definition) is 1. The van der Waals surface area contributed by atoms with E-state index in [1.54, 1.807) is 13.0 Å². The molecular formula is C12H15FO. The van der Waals surface area contributed by atoms with E-state index in [-0.39, 0.29) is 5.82 Å². The monoisotopic (exact) mass is 194 g/mol. The van der Waals surface area contributed by atoms with E-state index in [1.165, 1.54) is 6.07 Å². The lowest BCUT2D eigenvalue weighted by Gasteiger charge is -2.11. The van der Waals surface area contributed by atoms with Crippen LogP contribution in [0, 0.1) is 18.7 Å². The summed E-state index contributed by atoms with van der Waals surface area (Å²) in [6.45, 7) is 3.78. The standard InChI is InChI=1S/C12H15FO/c1-3-9-7-12(9,14)10-5-4-8(2)11(13)6-10/h4-6,9,14H,3,7H2,1-2H3. The van der Waals surface area contributed by atoms with Gasteiger partial charge in [-0.05, 0) is 36.5 Å². The molecule has 1 N–H and O–H groups in total. The molecule has 2 heteroatoms. The topological polar surface area (TPSA) is 20.2 Å². The van der Waals surface area contributed by atoms with Crippen LogP contribution in [0.25, 0.3) is 0 Å². The van der Waals surface area contributed by atoms with Crippen molar-refractivity contribution >= 4 is 0 Å². The second-order valence-electron chi connectivity index (χ2n) is 4.20. The van der Waals surface area contributed by atoms with Crippen LogP contribution < -0.4 is 0 Å². The Bertz CT molecular complexity index is 361. The van der Waals surface area contributed by atoms with Crippen LogP contribution in [0.1, 0.15) is 30.9 Å². The van der Waals surface area contributed by atoms with Crippen LogP contribution >= 0.6 is 0 Å². The predicted molar refractivity (Wildman–Crippen MR) is 53.4 cm³/mol. The van der Waals surface area contributed by atoms with Crippen molar-refractivity contribution < 1.29 is 9.50 Å². The fraction of sp³-hybridized carbons (Fsp3) is 0.500. The Labute approximate surface area is 83.6 Å². The molecule has 76 valence electrons. The van der Waals surface area contributed by atoms with Gasteiger partial charge in [0.15, 0.2) is 0 Å². The van der Waals surface area contributed by atoms with Gasteiger partial charge in [0.05, 0.1) is 5.60 Å². The quantitative estimate of drug-likeness (QED) is 0.767. The first-order valence-electron chi connectivity index (χ1n) is 5.07. The molecule has 2 atom stereocenters. The molecule has 0 radical (unpaired) electrons. The smallest absolute Gasteiger partial charge is 0.126 e. The molecule has 1 aliphatic rings. The Morgan fingerprint density at radius 3 is 2.79 bits per heavy atom. The normalized spacial score (nSPS) is 30.4. The van der Waals surface area contributed by atoms with Gasteiger partial charge in [-0.2, -0.15) is 0 Å². The van der Waals surface area contributed by atoms with Gasteiger partial charge in [-0.3, -0.25) is 0 Å². The summed E-state index contributed by atoms with van der Waals surface area (Å²) in [4.78, 5) is 0. The summed E-state index contributed by atoms with van der Waals surface area (Å²) >= 11 is 0. The molecule has 0 saturated heterocycles. The zero-order chi connectivity index (χ0) is 10.3. The van der Waals surface area contributed by atoms with Crippen molar-refractivity contribution in [2.24, 2.45) is 5.92 Å². The van der Waals surface area contributed by atoms with E-state index >= 15 is 0 Å². The lowest BCUT2D eigenvalue weighted by molar-refractivity contribution is 0.130. The number of halogens is 1. The molecule has 0 heterocycles. The summed E-state index contributed by atoms with van der Waals surface area (Å²) in [6.07, 6.45) is 1.72. The first-order chi connectivity index (χ1) is 6.58. The van der Waals surface area contributed by atoms with Crippen molar-refractivity contribution in [2.75, 3.05) is 0 Å². The first-order valence-corrected chi connectivity index (χ1v) is 5.07. The molecule has 1 aliphatic carbocycles. The highest BCUT2D eigenvalue weighted by Gasteiger charge is 2.52. The second kappa shape index (κ2) is 3.06. The van der Waals surface area contributed by atoms with Crippen molar-refractivity contribution in [3.05, 3.63) is 35.1 Å². The van der Waals surface area contributed by atoms with Crippen molar-refractivity contribution in [1.29, 1.82) is 0 Å². The predicted octanol–water partition coefficient (Wildman–Crippen LogP) is 2.75. The third-order valence-electron chi connectivity index (χ3n) is 3.24. The molecule has 1 nitrogen and oxygen atoms in total. The Morgan fingerprint density at radius 2 is 2.29 bits per heavy atom. The maximum absolute atomic E-state index is 13.3. The minimum atomic E-state index is -0.747. The Balaban J connectivity index is 2.31. The van der Waals surface area contributed by atoms with Crippen LogP contribution in [0.2, 0.25) is 0 Å². The van der Waals surface area contributed by atoms with E-state index in [9.17, 15) is 9.50 Å². The SMILES string of the molecule is CCC1CC1(O)c1ccc(C)c(F)c1. The van der Waals surface area contributed by atoms with Gasteiger partial charge in [-0.25, -0.2) is 4.39 Å². The molecule has 0 bridgehead atoms. The van der Waals surface area contributed by atoms with Gasteiger partial charge in [0.25, 0.3) is 0 Å². The van der Waals surface area contributed by atoms with Gasteiger partial charge in [0.2, 0.25) is 0 Å². The summed E-state index contributed by atoms with van der Waals surface area (Å²) in [7, 11) is 0. The maximum atomic E-state index is 13.3. The Morgan fingerprint density at radius 1 is 1.57 bits per heavy atom. The molecule has 1 saturated carbocycles. The molecule has 0 aromatic heterocycles. The highest BCUT2D eigenvalue weighted by Crippen LogP contribution is 2.53. The number of benzene rings is 1. The highest BCUT2D eigenvalue weighted by atomic mass is 19.1. The van der Waals surface area contributed by atoms with Crippen molar-refractivity contribution in [3.8, 4) is 0 Å². The molecule has 1 fully saturated rings. The summed E-state index contributed by atoms with van der Waals surface area (Å²) < 4.78 is 13.3. The summed E-state index contributed by atoms with van der Waals surface area (Å²) in [5.41, 5.74) is 0.613. The van der Waals surface area contributed by atoms with Crippen LogP contribution in [0.4, 0.5) is 4.39 Å². The number of aliphatic hydroxyl groups is 1. The van der Waals surface area contributed by atoms with E-state index in [1.807, 2.05) is 13.0 Å². The molecule has 1 aromatic carbocycles. The number of aryl methyl sites for hydroxylation is 1. The van der Waals surface area contributed by atoms with Crippen molar-refractivity contribution in [1.82, 2.24) is 0 Å². The minimum Gasteiger partial charge on any atom is -0.385 e. The zero-order valence-corrected chi connectivity index (χ0v) is 8.55. The maximum Gasteiger partial charge on any atom is 0.126 e. The fourth-order valence-corrected chi connectivity index (χ4v) is 2.01. The van der Waals surface area contributed by atoms with Gasteiger partial charge in [-0.15, -0.1) is 0 Å². The van der Waals surface area contributed by atoms with E-state index in [0.29, 0.717) is 11.5 Å². The van der Waals surface area contributed by atoms with Gasteiger partial charge >= 0.3 is 0 Å². The van der Waals surface area contributed by atoms with Crippen LogP contribution in [0.5, 0.6) is 0 Å². The lowest BCUT2D eigenvalue weighted by atomic mass is 10.0. The third kappa shape index (κ3) is 1.34. The van der Waals surface area contributed by atoms with Gasteiger partial charge in [-0.1, -0.05) is 25.5 Å². The number of hydrogen-bond acceptors (Lipinski definition) is 1. The van der Waals surface area contributed by atoms with Gasteiger partial charge in [0, 0.05) is 0 Å². The molecule has 1 aromatic rings. The lowest BCUT2D eigenvalue weighted by Crippen LogP contribution is -2.09. The van der Waals surface area contributed by atoms with Crippen LogP contribution in [0.15, 0.2) is 18.2 Å². The fourth-order valence-electron chi connectivity index (χ4n) is 2.01. The van der Waals surface area contributed by atoms with Crippen molar-refractivity contribution in [3.63, 3.8) is 0 Å². The Kier molecular flexibility index (Phi) is 2.11. The van der Waals surface area contributed by atoms with Crippen LogP contribution in [0.3, 0.4) is 0 Å². The minimum absolute atomic E-state index is 0.224. The summed E-state index contributed by atoms with van der Waals surface area (Å²) in [5.74, 6) is 0.0854. The molecule has 0 amide bonds. The van der Waals surface area contributed by atoms with E-state index in [2.05, 4.69) is 0 Å². The van der Waals surface area contributed by atoms with E-state index in [4.69, 9.17) is 0 Å². The molecule has 2 unspecified atom stereocenters. The van der Waals surface area contributed by atoms with Crippen LogP contribution in [-0.2, 0) is 5.60 Å². The average Bonchev–Trinajstić information content (AvgIpc) is 2.83. The van der Waals surface area contributed by atoms with E-state index in [0.717, 1.165) is 18.4 Å². The molecular weight excluding hydrogens is 179 g/mol. The third-order valence-corrected chi connectivity index (χ3v) is 3.24. The van der Waals surface area contributed by atoms with E-state index < -0.39 is 5.60 Å². The zero-order valence-electron chi connectivity index (χ0n) is 8.55. The molecule has 2 rings (SSSR count). The van der Waals surface area contributed by atoms with Crippen LogP contribution in [-0.4, -0.2) is 5.11 Å². The summed E-state index contributed by atoms with van der Waals surface area (Å²) in [6, 6.07) is 5.02. The first kappa shape index (κ1) is 9.66. The van der Waals surface area contributed by atoms with Gasteiger partial charge < -0.3 is 5.11 Å². The Hall–Kier alpha value is -0.890. The molecule has 14 heavy (non-hydrogen) atoms. The molecule has 0 spiro atoms. The highest BCUT2D eigenvalue weighted by molar-refractivity contribution is 5.32. The van der Waals surface area contributed by atoms with Gasteiger partial charge in [0.1, 0.15) is 5.82 Å². The average molecular weight is 194 g/mol. The largest absolute Gasteiger partial charge is 0.385 e. The number of rotatable bonds is 2. The second-order valence-corrected chi connectivity index (χ2v) is 4.20. The summed E-state index contributed by atoms with van der Waals surface area (Å²) in [5, 5.41) is 10.1. The molecule has 0 aliphatic heterocycles.